The van der Waals surface area contributed by atoms with Gasteiger partial charge in [0.1, 0.15) is 0 Å². The maximum absolute atomic E-state index is 11.8. The molecule has 2 aromatic rings. The zero-order chi connectivity index (χ0) is 17.4. The highest BCUT2D eigenvalue weighted by atomic mass is 32.1. The van der Waals surface area contributed by atoms with E-state index in [1.54, 1.807) is 30.3 Å². The lowest BCUT2D eigenvalue weighted by atomic mass is 10.2. The summed E-state index contributed by atoms with van der Waals surface area (Å²) in [6.45, 7) is 0. The van der Waals surface area contributed by atoms with Gasteiger partial charge in [0.25, 0.3) is 0 Å². The summed E-state index contributed by atoms with van der Waals surface area (Å²) >= 11 is 5.08. The van der Waals surface area contributed by atoms with Crippen LogP contribution >= 0.6 is 12.2 Å². The van der Waals surface area contributed by atoms with Crippen molar-refractivity contribution in [3.63, 3.8) is 0 Å². The smallest absolute Gasteiger partial charge is 0.337 e. The number of methoxy groups -OCH3 is 1. The topological polar surface area (TPSA) is 67.4 Å². The number of ether oxygens (including phenoxy) is 1. The van der Waals surface area contributed by atoms with Gasteiger partial charge >= 0.3 is 5.97 Å². The quantitative estimate of drug-likeness (QED) is 0.509. The Kier molecular flexibility index (Phi) is 6.22. The predicted octanol–water partition coefficient (Wildman–Crippen LogP) is 3.00. The van der Waals surface area contributed by atoms with Crippen LogP contribution in [0.2, 0.25) is 0 Å². The van der Waals surface area contributed by atoms with Crippen molar-refractivity contribution in [1.29, 1.82) is 0 Å². The Hall–Kier alpha value is -2.99. The van der Waals surface area contributed by atoms with Crippen LogP contribution < -0.4 is 10.6 Å². The molecule has 0 radical (unpaired) electrons. The maximum atomic E-state index is 11.8. The summed E-state index contributed by atoms with van der Waals surface area (Å²) in [4.78, 5) is 23.2. The van der Waals surface area contributed by atoms with Gasteiger partial charge in [-0.1, -0.05) is 30.3 Å². The molecule has 1 amide bonds. The molecule has 0 atom stereocenters. The molecule has 0 aliphatic rings. The Labute approximate surface area is 145 Å². The van der Waals surface area contributed by atoms with Crippen LogP contribution in [0.15, 0.2) is 60.7 Å². The molecule has 0 aliphatic carbocycles. The first kappa shape index (κ1) is 17.4. The Morgan fingerprint density at radius 2 is 1.71 bits per heavy atom. The lowest BCUT2D eigenvalue weighted by molar-refractivity contribution is -0.115. The van der Waals surface area contributed by atoms with Crippen molar-refractivity contribution >= 4 is 41.0 Å². The minimum Gasteiger partial charge on any atom is -0.465 e. The summed E-state index contributed by atoms with van der Waals surface area (Å²) in [5.41, 5.74) is 2.01. The Morgan fingerprint density at radius 1 is 1.04 bits per heavy atom. The average molecular weight is 340 g/mol. The molecular formula is C18H16N2O3S. The minimum absolute atomic E-state index is 0.170. The maximum Gasteiger partial charge on any atom is 0.337 e. The van der Waals surface area contributed by atoms with E-state index in [-0.39, 0.29) is 11.0 Å². The summed E-state index contributed by atoms with van der Waals surface area (Å²) in [5, 5.41) is 5.59. The van der Waals surface area contributed by atoms with Gasteiger partial charge in [0, 0.05) is 11.8 Å². The molecule has 0 heterocycles. The van der Waals surface area contributed by atoms with Crippen LogP contribution in [0.1, 0.15) is 15.9 Å². The molecule has 0 aromatic heterocycles. The Bertz CT molecular complexity index is 756. The molecule has 2 N–H and O–H groups in total. The second-order valence-corrected chi connectivity index (χ2v) is 5.16. The van der Waals surface area contributed by atoms with Crippen molar-refractivity contribution in [3.8, 4) is 0 Å². The van der Waals surface area contributed by atoms with Crippen LogP contribution in [-0.2, 0) is 9.53 Å². The van der Waals surface area contributed by atoms with Gasteiger partial charge in [0.05, 0.1) is 12.7 Å². The van der Waals surface area contributed by atoms with Crippen LogP contribution in [0.4, 0.5) is 5.69 Å². The third-order valence-corrected chi connectivity index (χ3v) is 3.23. The van der Waals surface area contributed by atoms with Gasteiger partial charge < -0.3 is 10.1 Å². The second-order valence-electron chi connectivity index (χ2n) is 4.76. The monoisotopic (exact) mass is 340 g/mol. The number of carbonyl (C=O) groups excluding carboxylic acids is 2. The Morgan fingerprint density at radius 3 is 2.33 bits per heavy atom. The molecule has 0 saturated carbocycles. The van der Waals surface area contributed by atoms with Gasteiger partial charge in [0.15, 0.2) is 5.11 Å². The number of benzene rings is 2. The van der Waals surface area contributed by atoms with Crippen molar-refractivity contribution < 1.29 is 14.3 Å². The molecule has 0 aliphatic heterocycles. The summed E-state index contributed by atoms with van der Waals surface area (Å²) in [5.74, 6) is -0.744. The predicted molar refractivity (Wildman–Crippen MR) is 97.6 cm³/mol. The van der Waals surface area contributed by atoms with Crippen molar-refractivity contribution in [2.75, 3.05) is 12.4 Å². The molecule has 24 heavy (non-hydrogen) atoms. The van der Waals surface area contributed by atoms with Crippen molar-refractivity contribution in [3.05, 3.63) is 71.8 Å². The van der Waals surface area contributed by atoms with E-state index in [1.807, 2.05) is 30.3 Å². The van der Waals surface area contributed by atoms with Crippen molar-refractivity contribution in [1.82, 2.24) is 5.32 Å². The summed E-state index contributed by atoms with van der Waals surface area (Å²) < 4.78 is 4.62. The van der Waals surface area contributed by atoms with Crippen LogP contribution in [0.5, 0.6) is 0 Å². The SMILES string of the molecule is COC(=O)c1ccc(NC(=S)NC(=O)/C=C/c2ccccc2)cc1. The number of esters is 1. The molecule has 2 rings (SSSR count). The lowest BCUT2D eigenvalue weighted by Crippen LogP contribution is -2.32. The van der Waals surface area contributed by atoms with E-state index in [2.05, 4.69) is 15.4 Å². The number of thiocarbonyl (C=S) groups is 1. The summed E-state index contributed by atoms with van der Waals surface area (Å²) in [7, 11) is 1.32. The Balaban J connectivity index is 1.87. The largest absolute Gasteiger partial charge is 0.465 e. The van der Waals surface area contributed by atoms with Crippen LogP contribution in [0, 0.1) is 0 Å². The fourth-order valence-electron chi connectivity index (χ4n) is 1.86. The zero-order valence-corrected chi connectivity index (χ0v) is 13.8. The van der Waals surface area contributed by atoms with E-state index in [1.165, 1.54) is 13.2 Å². The first-order valence-electron chi connectivity index (χ1n) is 7.12. The molecule has 122 valence electrons. The average Bonchev–Trinajstić information content (AvgIpc) is 2.60. The number of hydrogen-bond donors (Lipinski definition) is 2. The van der Waals surface area contributed by atoms with Gasteiger partial charge in [-0.05, 0) is 48.1 Å². The number of nitrogens with one attached hydrogen (secondary N) is 2. The summed E-state index contributed by atoms with van der Waals surface area (Å²) in [6.07, 6.45) is 3.10. The van der Waals surface area contributed by atoms with Gasteiger partial charge in [0.2, 0.25) is 5.91 Å². The van der Waals surface area contributed by atoms with Crippen molar-refractivity contribution in [2.24, 2.45) is 0 Å². The van der Waals surface area contributed by atoms with E-state index >= 15 is 0 Å². The standard InChI is InChI=1S/C18H16N2O3S/c1-23-17(22)14-8-10-15(11-9-14)19-18(24)20-16(21)12-7-13-5-3-2-4-6-13/h2-12H,1H3,(H2,19,20,21,24)/b12-7+. The van der Waals surface area contributed by atoms with E-state index in [0.717, 1.165) is 5.56 Å². The molecule has 0 unspecified atom stereocenters. The van der Waals surface area contributed by atoms with Crippen LogP contribution in [0.3, 0.4) is 0 Å². The van der Waals surface area contributed by atoms with Crippen LogP contribution in [-0.4, -0.2) is 24.1 Å². The molecule has 2 aromatic carbocycles. The molecule has 0 fully saturated rings. The fraction of sp³-hybridized carbons (Fsp3) is 0.0556. The highest BCUT2D eigenvalue weighted by molar-refractivity contribution is 7.80. The van der Waals surface area contributed by atoms with Crippen molar-refractivity contribution in [2.45, 2.75) is 0 Å². The van der Waals surface area contributed by atoms with Gasteiger partial charge in [-0.2, -0.15) is 0 Å². The second kappa shape index (κ2) is 8.59. The molecule has 0 spiro atoms. The van der Waals surface area contributed by atoms with Gasteiger partial charge in [-0.3, -0.25) is 10.1 Å². The minimum atomic E-state index is -0.413. The number of hydrogen-bond acceptors (Lipinski definition) is 4. The zero-order valence-electron chi connectivity index (χ0n) is 13.0. The van der Waals surface area contributed by atoms with E-state index in [9.17, 15) is 9.59 Å². The van der Waals surface area contributed by atoms with E-state index in [4.69, 9.17) is 12.2 Å². The fourth-order valence-corrected chi connectivity index (χ4v) is 2.08. The molecule has 6 heteroatoms. The lowest BCUT2D eigenvalue weighted by Gasteiger charge is -2.08. The molecule has 0 saturated heterocycles. The first-order chi connectivity index (χ1) is 11.6. The number of rotatable bonds is 4. The normalized spacial score (nSPS) is 10.2. The molecule has 5 nitrogen and oxygen atoms in total. The van der Waals surface area contributed by atoms with Gasteiger partial charge in [-0.15, -0.1) is 0 Å². The van der Waals surface area contributed by atoms with Gasteiger partial charge in [-0.25, -0.2) is 4.79 Å². The number of amides is 1. The number of anilines is 1. The first-order valence-corrected chi connectivity index (χ1v) is 7.53. The number of carbonyl (C=O) groups is 2. The molecule has 0 bridgehead atoms. The van der Waals surface area contributed by atoms with E-state index in [0.29, 0.717) is 11.3 Å². The third-order valence-electron chi connectivity index (χ3n) is 3.03. The summed E-state index contributed by atoms with van der Waals surface area (Å²) in [6, 6.07) is 16.0. The van der Waals surface area contributed by atoms with Crippen LogP contribution in [0.25, 0.3) is 6.08 Å². The molecular weight excluding hydrogens is 324 g/mol. The highest BCUT2D eigenvalue weighted by Crippen LogP contribution is 2.10. The van der Waals surface area contributed by atoms with E-state index < -0.39 is 5.97 Å². The third kappa shape index (κ3) is 5.33. The highest BCUT2D eigenvalue weighted by Gasteiger charge is 2.05.